The number of ether oxygens (including phenoxy) is 2. The molecular weight excluding hydrogens is 352 g/mol. The van der Waals surface area contributed by atoms with E-state index >= 15 is 0 Å². The third-order valence-corrected chi connectivity index (χ3v) is 4.60. The quantitative estimate of drug-likeness (QED) is 0.848. The molecule has 2 aromatic rings. The van der Waals surface area contributed by atoms with E-state index in [1.54, 1.807) is 31.7 Å². The van der Waals surface area contributed by atoms with E-state index in [-0.39, 0.29) is 0 Å². The number of nitrogens with one attached hydrogen (secondary N) is 2. The number of nitrogens with zero attached hydrogens (tertiary/aromatic N) is 1. The van der Waals surface area contributed by atoms with Gasteiger partial charge in [0.25, 0.3) is 5.92 Å². The van der Waals surface area contributed by atoms with Crippen LogP contribution < -0.4 is 20.1 Å². The first kappa shape index (κ1) is 17.6. The van der Waals surface area contributed by atoms with Gasteiger partial charge in [-0.25, -0.2) is 13.8 Å². The van der Waals surface area contributed by atoms with E-state index in [1.165, 1.54) is 11.3 Å². The first-order chi connectivity index (χ1) is 11.9. The fourth-order valence-electron chi connectivity index (χ4n) is 2.55. The number of methoxy groups -OCH3 is 2. The maximum Gasteiger partial charge on any atom is 0.262 e. The van der Waals surface area contributed by atoms with E-state index in [4.69, 9.17) is 9.47 Å². The lowest BCUT2D eigenvalue weighted by atomic mass is 10.1. The highest BCUT2D eigenvalue weighted by Gasteiger charge is 2.42. The Labute approximate surface area is 147 Å². The van der Waals surface area contributed by atoms with Gasteiger partial charge in [-0.1, -0.05) is 0 Å². The Bertz CT molecular complexity index is 782. The van der Waals surface area contributed by atoms with Crippen molar-refractivity contribution >= 4 is 22.4 Å². The Hall–Kier alpha value is -2.26. The van der Waals surface area contributed by atoms with Crippen molar-refractivity contribution in [3.05, 3.63) is 23.6 Å². The Balaban J connectivity index is 1.71. The molecule has 25 heavy (non-hydrogen) atoms. The number of benzene rings is 1. The first-order valence-electron chi connectivity index (χ1n) is 7.52. The highest BCUT2D eigenvalue weighted by Crippen LogP contribution is 2.33. The largest absolute Gasteiger partial charge is 0.493 e. The van der Waals surface area contributed by atoms with E-state index < -0.39 is 30.8 Å². The number of alkyl halides is 2. The van der Waals surface area contributed by atoms with Crippen LogP contribution in [0.3, 0.4) is 0 Å². The Kier molecular flexibility index (Phi) is 4.87. The highest BCUT2D eigenvalue weighted by molar-refractivity contribution is 7.14. The number of amides is 1. The molecule has 1 atom stereocenters. The molecule has 2 N–H and O–H groups in total. The van der Waals surface area contributed by atoms with Crippen LogP contribution in [0, 0.1) is 0 Å². The van der Waals surface area contributed by atoms with Gasteiger partial charge in [0.1, 0.15) is 0 Å². The molecule has 0 bridgehead atoms. The van der Waals surface area contributed by atoms with Crippen molar-refractivity contribution in [1.82, 2.24) is 10.3 Å². The van der Waals surface area contributed by atoms with Crippen LogP contribution in [-0.4, -0.2) is 43.6 Å². The van der Waals surface area contributed by atoms with Crippen molar-refractivity contribution in [2.24, 2.45) is 0 Å². The van der Waals surface area contributed by atoms with Crippen LogP contribution in [0.25, 0.3) is 11.3 Å². The zero-order chi connectivity index (χ0) is 18.0. The number of aromatic nitrogens is 1. The smallest absolute Gasteiger partial charge is 0.262 e. The summed E-state index contributed by atoms with van der Waals surface area (Å²) in [6.07, 6.45) is -0.507. The molecular formula is C16H17F2N3O3S. The lowest BCUT2D eigenvalue weighted by Gasteiger charge is -2.09. The molecule has 3 rings (SSSR count). The van der Waals surface area contributed by atoms with Crippen LogP contribution in [0.5, 0.6) is 11.5 Å². The van der Waals surface area contributed by atoms with E-state index in [2.05, 4.69) is 15.6 Å². The topological polar surface area (TPSA) is 72.5 Å². The molecule has 1 unspecified atom stereocenters. The number of carbonyl (C=O) groups excluding carboxylic acids is 1. The molecule has 1 aliphatic rings. The summed E-state index contributed by atoms with van der Waals surface area (Å²) in [4.78, 5) is 16.4. The summed E-state index contributed by atoms with van der Waals surface area (Å²) in [5.74, 6) is -2.19. The minimum absolute atomic E-state index is 0.354. The molecule has 1 amide bonds. The number of thiazole rings is 1. The van der Waals surface area contributed by atoms with E-state index in [1.807, 2.05) is 6.07 Å². The van der Waals surface area contributed by atoms with Gasteiger partial charge in [0.05, 0.1) is 32.5 Å². The molecule has 0 spiro atoms. The molecule has 134 valence electrons. The molecule has 1 saturated heterocycles. The van der Waals surface area contributed by atoms with Crippen molar-refractivity contribution in [2.75, 3.05) is 26.1 Å². The second kappa shape index (κ2) is 6.93. The van der Waals surface area contributed by atoms with Crippen LogP contribution in [-0.2, 0) is 4.79 Å². The van der Waals surface area contributed by atoms with Crippen LogP contribution in [0.15, 0.2) is 23.6 Å². The zero-order valence-electron chi connectivity index (χ0n) is 13.6. The van der Waals surface area contributed by atoms with Crippen LogP contribution in [0.4, 0.5) is 13.9 Å². The van der Waals surface area contributed by atoms with Crippen LogP contribution >= 0.6 is 11.3 Å². The number of hydrogen-bond acceptors (Lipinski definition) is 6. The third kappa shape index (κ3) is 3.88. The number of rotatable bonds is 5. The average Bonchev–Trinajstić information content (AvgIpc) is 3.20. The Morgan fingerprint density at radius 1 is 1.36 bits per heavy atom. The molecule has 1 aromatic carbocycles. The predicted molar refractivity (Wildman–Crippen MR) is 90.6 cm³/mol. The van der Waals surface area contributed by atoms with Crippen molar-refractivity contribution in [1.29, 1.82) is 0 Å². The molecule has 1 aromatic heterocycles. The fraction of sp³-hybridized carbons (Fsp3) is 0.375. The minimum atomic E-state index is -2.85. The van der Waals surface area contributed by atoms with Gasteiger partial charge in [-0.3, -0.25) is 10.1 Å². The third-order valence-electron chi connectivity index (χ3n) is 3.84. The summed E-state index contributed by atoms with van der Waals surface area (Å²) in [7, 11) is 3.09. The zero-order valence-corrected chi connectivity index (χ0v) is 14.5. The Morgan fingerprint density at radius 3 is 2.76 bits per heavy atom. The van der Waals surface area contributed by atoms with Gasteiger partial charge in [0.2, 0.25) is 5.91 Å². The maximum absolute atomic E-state index is 13.2. The van der Waals surface area contributed by atoms with E-state index in [0.717, 1.165) is 5.56 Å². The van der Waals surface area contributed by atoms with Crippen molar-refractivity contribution in [3.8, 4) is 22.8 Å². The number of anilines is 1. The molecule has 1 fully saturated rings. The van der Waals surface area contributed by atoms with Gasteiger partial charge < -0.3 is 14.8 Å². The summed E-state index contributed by atoms with van der Waals surface area (Å²) in [5.41, 5.74) is 1.44. The summed E-state index contributed by atoms with van der Waals surface area (Å²) in [6, 6.07) is 4.44. The SMILES string of the molecule is COc1ccc(-c2csc(NC(=O)C3CC(F)(F)CN3)n2)cc1OC. The molecule has 1 aliphatic heterocycles. The lowest BCUT2D eigenvalue weighted by molar-refractivity contribution is -0.118. The highest BCUT2D eigenvalue weighted by atomic mass is 32.1. The standard InChI is InChI=1S/C16H17F2N3O3S/c1-23-12-4-3-9(5-13(12)24-2)11-7-25-15(20-11)21-14(22)10-6-16(17,18)8-19-10/h3-5,7,10,19H,6,8H2,1-2H3,(H,20,21,22). The monoisotopic (exact) mass is 369 g/mol. The summed E-state index contributed by atoms with van der Waals surface area (Å²) in [5, 5.41) is 7.22. The number of carbonyl (C=O) groups is 1. The van der Waals surface area contributed by atoms with Crippen LogP contribution in [0.1, 0.15) is 6.42 Å². The number of halogens is 2. The molecule has 9 heteroatoms. The molecule has 0 aliphatic carbocycles. The lowest BCUT2D eigenvalue weighted by Crippen LogP contribution is -2.35. The van der Waals surface area contributed by atoms with Gasteiger partial charge in [0, 0.05) is 17.4 Å². The van der Waals surface area contributed by atoms with Crippen LogP contribution in [0.2, 0.25) is 0 Å². The summed E-state index contributed by atoms with van der Waals surface area (Å²) in [6.45, 7) is -0.486. The number of hydrogen-bond donors (Lipinski definition) is 2. The minimum Gasteiger partial charge on any atom is -0.493 e. The van der Waals surface area contributed by atoms with E-state index in [0.29, 0.717) is 22.3 Å². The van der Waals surface area contributed by atoms with Crippen molar-refractivity contribution in [2.45, 2.75) is 18.4 Å². The second-order valence-electron chi connectivity index (χ2n) is 5.59. The van der Waals surface area contributed by atoms with Gasteiger partial charge in [-0.2, -0.15) is 0 Å². The normalized spacial score (nSPS) is 18.8. The van der Waals surface area contributed by atoms with Crippen molar-refractivity contribution in [3.63, 3.8) is 0 Å². The molecule has 0 radical (unpaired) electrons. The summed E-state index contributed by atoms with van der Waals surface area (Å²) >= 11 is 1.22. The van der Waals surface area contributed by atoms with Gasteiger partial charge in [-0.05, 0) is 18.2 Å². The Morgan fingerprint density at radius 2 is 2.12 bits per heavy atom. The first-order valence-corrected chi connectivity index (χ1v) is 8.40. The van der Waals surface area contributed by atoms with Gasteiger partial charge >= 0.3 is 0 Å². The fourth-order valence-corrected chi connectivity index (χ4v) is 3.28. The van der Waals surface area contributed by atoms with E-state index in [9.17, 15) is 13.6 Å². The maximum atomic E-state index is 13.2. The summed E-state index contributed by atoms with van der Waals surface area (Å²) < 4.78 is 36.8. The molecule has 6 nitrogen and oxygen atoms in total. The van der Waals surface area contributed by atoms with Crippen molar-refractivity contribution < 1.29 is 23.0 Å². The van der Waals surface area contributed by atoms with Gasteiger partial charge in [0.15, 0.2) is 16.6 Å². The molecule has 2 heterocycles. The average molecular weight is 369 g/mol. The molecule has 0 saturated carbocycles. The predicted octanol–water partition coefficient (Wildman–Crippen LogP) is 2.76. The second-order valence-corrected chi connectivity index (χ2v) is 6.45. The van der Waals surface area contributed by atoms with Gasteiger partial charge in [-0.15, -0.1) is 11.3 Å².